The molecule has 0 unspecified atom stereocenters. The van der Waals surface area contributed by atoms with E-state index in [0.717, 1.165) is 0 Å². The quantitative estimate of drug-likeness (QED) is 0.466. The smallest absolute Gasteiger partial charge is 0.0184 e. The average molecular weight is 118 g/mol. The molecule has 2 aliphatic carbocycles. The number of rotatable bonds is 0. The summed E-state index contributed by atoms with van der Waals surface area (Å²) in [5.41, 5.74) is 2.85. The molecule has 0 saturated heterocycles. The third kappa shape index (κ3) is 1.02. The second-order valence-corrected chi connectivity index (χ2v) is 1.99. The molecule has 0 spiro atoms. The summed E-state index contributed by atoms with van der Waals surface area (Å²) in [6, 6.07) is 8.48. The Morgan fingerprint density at radius 2 is 1.33 bits per heavy atom. The molecule has 2 aliphatic rings. The van der Waals surface area contributed by atoms with Gasteiger partial charge in [0.1, 0.15) is 0 Å². The highest BCUT2D eigenvalue weighted by atomic mass is 14.1. The van der Waals surface area contributed by atoms with Gasteiger partial charge in [-0.25, -0.2) is 0 Å². The summed E-state index contributed by atoms with van der Waals surface area (Å²) < 4.78 is 0. The molecule has 0 fully saturated rings. The molecule has 9 heavy (non-hydrogen) atoms. The zero-order valence-electron chi connectivity index (χ0n) is 5.59. The molecule has 0 saturated carbocycles. The van der Waals surface area contributed by atoms with Gasteiger partial charge in [0, 0.05) is 0 Å². The molecule has 0 aromatic heterocycles. The molecule has 0 aliphatic heterocycles. The van der Waals surface area contributed by atoms with E-state index in [9.17, 15) is 0 Å². The Balaban J connectivity index is 0.000000120. The highest BCUT2D eigenvalue weighted by Gasteiger charge is 2.03. The lowest BCUT2D eigenvalue weighted by molar-refractivity contribution is 1.55. The van der Waals surface area contributed by atoms with Crippen LogP contribution in [0.15, 0.2) is 36.9 Å². The molecule has 0 heterocycles. The minimum absolute atomic E-state index is 1.43. The second kappa shape index (κ2) is 2.49. The highest BCUT2D eigenvalue weighted by molar-refractivity contribution is 5.75. The Kier molecular flexibility index (Phi) is 1.69. The molecule has 0 nitrogen and oxygen atoms in total. The van der Waals surface area contributed by atoms with Gasteiger partial charge in [-0.05, 0) is 18.1 Å². The molecule has 0 atom stereocenters. The number of hydrogen-bond acceptors (Lipinski definition) is 0. The Morgan fingerprint density at radius 1 is 1.11 bits per heavy atom. The van der Waals surface area contributed by atoms with Crippen LogP contribution in [0.1, 0.15) is 6.92 Å². The summed E-state index contributed by atoms with van der Waals surface area (Å²) in [5, 5.41) is 0. The van der Waals surface area contributed by atoms with Crippen LogP contribution >= 0.6 is 0 Å². The molecule has 46 valence electrons. The van der Waals surface area contributed by atoms with Gasteiger partial charge >= 0.3 is 0 Å². The van der Waals surface area contributed by atoms with Crippen LogP contribution in [0, 0.1) is 0 Å². The highest BCUT2D eigenvalue weighted by Crippen LogP contribution is 2.29. The maximum Gasteiger partial charge on any atom is -0.0184 e. The lowest BCUT2D eigenvalue weighted by Gasteiger charge is -2.10. The van der Waals surface area contributed by atoms with Crippen molar-refractivity contribution in [3.63, 3.8) is 0 Å². The Labute approximate surface area is 55.8 Å². The van der Waals surface area contributed by atoms with Crippen molar-refractivity contribution in [2.75, 3.05) is 0 Å². The van der Waals surface area contributed by atoms with E-state index in [1.54, 1.807) is 6.08 Å². The van der Waals surface area contributed by atoms with E-state index < -0.39 is 0 Å². The van der Waals surface area contributed by atoms with E-state index in [0.29, 0.717) is 0 Å². The van der Waals surface area contributed by atoms with Crippen LogP contribution in [0.2, 0.25) is 0 Å². The molecular formula is C9H10. The van der Waals surface area contributed by atoms with E-state index in [1.807, 2.05) is 6.92 Å². The zero-order valence-corrected chi connectivity index (χ0v) is 5.59. The fraction of sp³-hybridized carbons (Fsp3) is 0.111. The molecular weight excluding hydrogens is 108 g/mol. The van der Waals surface area contributed by atoms with E-state index in [-0.39, 0.29) is 0 Å². The van der Waals surface area contributed by atoms with E-state index >= 15 is 0 Å². The first-order chi connectivity index (χ1) is 4.38. The number of hydrogen-bond donors (Lipinski definition) is 0. The van der Waals surface area contributed by atoms with Crippen LogP contribution in [0.4, 0.5) is 0 Å². The number of benzene rings is 1. The molecule has 0 aromatic rings. The molecule has 0 bridgehead atoms. The van der Waals surface area contributed by atoms with Crippen molar-refractivity contribution in [1.82, 2.24) is 0 Å². The predicted molar refractivity (Wildman–Crippen MR) is 41.3 cm³/mol. The first-order valence-electron chi connectivity index (χ1n) is 3.06. The van der Waals surface area contributed by atoms with Crippen molar-refractivity contribution >= 4 is 0 Å². The molecule has 0 N–H and O–H groups in total. The summed E-state index contributed by atoms with van der Waals surface area (Å²) in [7, 11) is 0. The minimum atomic E-state index is 1.43. The Hall–Kier alpha value is -1.04. The maximum absolute atomic E-state index is 3.36. The van der Waals surface area contributed by atoms with Gasteiger partial charge in [-0.15, -0.1) is 6.58 Å². The van der Waals surface area contributed by atoms with Crippen molar-refractivity contribution in [2.24, 2.45) is 0 Å². The van der Waals surface area contributed by atoms with Gasteiger partial charge in [-0.3, -0.25) is 0 Å². The van der Waals surface area contributed by atoms with Crippen molar-refractivity contribution in [1.29, 1.82) is 0 Å². The van der Waals surface area contributed by atoms with Gasteiger partial charge in [-0.1, -0.05) is 30.3 Å². The van der Waals surface area contributed by atoms with Crippen molar-refractivity contribution in [3.05, 3.63) is 36.9 Å². The van der Waals surface area contributed by atoms with E-state index in [2.05, 4.69) is 30.8 Å². The van der Waals surface area contributed by atoms with Crippen LogP contribution in [0.5, 0.6) is 0 Å². The molecule has 0 heteroatoms. The second-order valence-electron chi connectivity index (χ2n) is 1.99. The van der Waals surface area contributed by atoms with Crippen LogP contribution in [0.3, 0.4) is 0 Å². The van der Waals surface area contributed by atoms with Gasteiger partial charge in [0.25, 0.3) is 0 Å². The maximum atomic E-state index is 3.36. The summed E-state index contributed by atoms with van der Waals surface area (Å²) in [5.74, 6) is 0. The molecule has 0 radical (unpaired) electrons. The summed E-state index contributed by atoms with van der Waals surface area (Å²) >= 11 is 0. The first kappa shape index (κ1) is 6.09. The van der Waals surface area contributed by atoms with Crippen LogP contribution < -0.4 is 0 Å². The third-order valence-electron chi connectivity index (χ3n) is 1.22. The normalized spacial score (nSPS) is 9.00. The Bertz CT molecular complexity index is 173. The van der Waals surface area contributed by atoms with Gasteiger partial charge < -0.3 is 0 Å². The van der Waals surface area contributed by atoms with Crippen molar-refractivity contribution < 1.29 is 0 Å². The average Bonchev–Trinajstić information content (AvgIpc) is 1.81. The molecule has 0 amide bonds. The molecule has 0 aromatic carbocycles. The third-order valence-corrected chi connectivity index (χ3v) is 1.22. The van der Waals surface area contributed by atoms with Gasteiger partial charge in [-0.2, -0.15) is 0 Å². The summed E-state index contributed by atoms with van der Waals surface area (Å²) in [4.78, 5) is 0. The fourth-order valence-corrected chi connectivity index (χ4v) is 0.663. The first-order valence-corrected chi connectivity index (χ1v) is 3.06. The van der Waals surface area contributed by atoms with Gasteiger partial charge in [0.15, 0.2) is 0 Å². The Morgan fingerprint density at radius 3 is 1.33 bits per heavy atom. The SMILES string of the molecule is C=CC.c1cc2ccc1-2. The van der Waals surface area contributed by atoms with Crippen LogP contribution in [-0.2, 0) is 0 Å². The largest absolute Gasteiger partial charge is 0.103 e. The van der Waals surface area contributed by atoms with E-state index in [1.165, 1.54) is 11.1 Å². The van der Waals surface area contributed by atoms with Gasteiger partial charge in [0.05, 0.1) is 0 Å². The predicted octanol–water partition coefficient (Wildman–Crippen LogP) is 2.86. The fourth-order valence-electron chi connectivity index (χ4n) is 0.663. The summed E-state index contributed by atoms with van der Waals surface area (Å²) in [6.07, 6.45) is 1.75. The van der Waals surface area contributed by atoms with Crippen LogP contribution in [-0.4, -0.2) is 0 Å². The monoisotopic (exact) mass is 118 g/mol. The minimum Gasteiger partial charge on any atom is -0.103 e. The topological polar surface area (TPSA) is 0 Å². The zero-order chi connectivity index (χ0) is 6.69. The van der Waals surface area contributed by atoms with Gasteiger partial charge in [0.2, 0.25) is 0 Å². The van der Waals surface area contributed by atoms with Crippen molar-refractivity contribution in [2.45, 2.75) is 6.92 Å². The van der Waals surface area contributed by atoms with E-state index in [4.69, 9.17) is 0 Å². The lowest BCUT2D eigenvalue weighted by Crippen LogP contribution is -1.85. The lowest BCUT2D eigenvalue weighted by atomic mass is 9.95. The number of allylic oxidation sites excluding steroid dienone is 1. The van der Waals surface area contributed by atoms with Crippen molar-refractivity contribution in [3.8, 4) is 11.1 Å². The van der Waals surface area contributed by atoms with Crippen LogP contribution in [0.25, 0.3) is 11.1 Å². The summed E-state index contributed by atoms with van der Waals surface area (Å²) in [6.45, 7) is 5.25. The number of fused-ring (bicyclic) bond motifs is 1. The molecule has 2 rings (SSSR count). The standard InChI is InChI=1S/C6H4.C3H6/c1-2-6-4-3-5(1)6;1-3-2/h1-4H;3H,1H2,2H3.